The highest BCUT2D eigenvalue weighted by Gasteiger charge is 2.16. The van der Waals surface area contributed by atoms with E-state index in [0.717, 1.165) is 0 Å². The van der Waals surface area contributed by atoms with Crippen LogP contribution in [0.2, 0.25) is 5.02 Å². The van der Waals surface area contributed by atoms with E-state index in [1.807, 2.05) is 0 Å². The van der Waals surface area contributed by atoms with E-state index in [0.29, 0.717) is 29.4 Å². The van der Waals surface area contributed by atoms with Gasteiger partial charge in [-0.1, -0.05) is 11.6 Å². The van der Waals surface area contributed by atoms with Crippen LogP contribution < -0.4 is 5.32 Å². The molecule has 0 aliphatic heterocycles. The van der Waals surface area contributed by atoms with Gasteiger partial charge in [-0.25, -0.2) is 4.98 Å². The van der Waals surface area contributed by atoms with Gasteiger partial charge >= 0.3 is 0 Å². The number of carbonyl (C=O) groups excluding carboxylic acids is 1. The number of anilines is 1. The Kier molecular flexibility index (Phi) is 5.37. The van der Waals surface area contributed by atoms with Crippen LogP contribution >= 0.6 is 11.6 Å². The molecule has 0 fully saturated rings. The van der Waals surface area contributed by atoms with E-state index >= 15 is 0 Å². The second kappa shape index (κ2) is 6.56. The fraction of sp³-hybridized carbons (Fsp3) is 0.500. The van der Waals surface area contributed by atoms with Crippen LogP contribution in [0.4, 0.5) is 5.82 Å². The third kappa shape index (κ3) is 3.85. The molecule has 1 atom stereocenters. The minimum absolute atomic E-state index is 0.181. The number of carbonyl (C=O) groups is 1. The summed E-state index contributed by atoms with van der Waals surface area (Å²) in [5.41, 5.74) is 0.407. The number of nitrogens with zero attached hydrogens (tertiary/aromatic N) is 2. The zero-order valence-corrected chi connectivity index (χ0v) is 11.5. The third-order valence-corrected chi connectivity index (χ3v) is 2.87. The molecule has 0 saturated heterocycles. The Bertz CT molecular complexity index is 424. The van der Waals surface area contributed by atoms with Crippen LogP contribution in [0.25, 0.3) is 0 Å². The van der Waals surface area contributed by atoms with Gasteiger partial charge in [0.1, 0.15) is 5.82 Å². The number of aliphatic hydroxyl groups is 1. The molecule has 1 heterocycles. The van der Waals surface area contributed by atoms with Crippen molar-refractivity contribution < 1.29 is 9.90 Å². The Morgan fingerprint density at radius 3 is 2.89 bits per heavy atom. The van der Waals surface area contributed by atoms with E-state index in [4.69, 9.17) is 11.6 Å². The van der Waals surface area contributed by atoms with Crippen LogP contribution in [0.15, 0.2) is 12.3 Å². The van der Waals surface area contributed by atoms with E-state index < -0.39 is 6.10 Å². The van der Waals surface area contributed by atoms with Crippen LogP contribution in [0.3, 0.4) is 0 Å². The molecule has 1 amide bonds. The van der Waals surface area contributed by atoms with Gasteiger partial charge in [0, 0.05) is 26.8 Å². The topological polar surface area (TPSA) is 65.5 Å². The van der Waals surface area contributed by atoms with Gasteiger partial charge in [-0.3, -0.25) is 4.79 Å². The number of halogens is 1. The standard InChI is InChI=1S/C12H18ClN3O2/c1-8(17)4-5-16(3)12(18)9-6-11(14-2)15-7-10(9)13/h6-8,17H,4-5H2,1-3H3,(H,14,15). The first-order valence-corrected chi connectivity index (χ1v) is 6.10. The fourth-order valence-electron chi connectivity index (χ4n) is 1.43. The Morgan fingerprint density at radius 2 is 2.33 bits per heavy atom. The summed E-state index contributed by atoms with van der Waals surface area (Å²) in [7, 11) is 3.40. The van der Waals surface area contributed by atoms with Gasteiger partial charge in [0.2, 0.25) is 0 Å². The van der Waals surface area contributed by atoms with Crippen LogP contribution in [0, 0.1) is 0 Å². The molecule has 18 heavy (non-hydrogen) atoms. The number of amides is 1. The fourth-order valence-corrected chi connectivity index (χ4v) is 1.61. The molecule has 100 valence electrons. The molecule has 0 saturated carbocycles. The first kappa shape index (κ1) is 14.7. The number of aliphatic hydroxyl groups excluding tert-OH is 1. The summed E-state index contributed by atoms with van der Waals surface area (Å²) in [6.07, 6.45) is 1.55. The second-order valence-corrected chi connectivity index (χ2v) is 4.57. The largest absolute Gasteiger partial charge is 0.393 e. The molecule has 0 spiro atoms. The van der Waals surface area contributed by atoms with Gasteiger partial charge in [-0.05, 0) is 19.4 Å². The van der Waals surface area contributed by atoms with E-state index in [9.17, 15) is 9.90 Å². The zero-order valence-electron chi connectivity index (χ0n) is 10.8. The van der Waals surface area contributed by atoms with Crippen molar-refractivity contribution in [3.8, 4) is 0 Å². The van der Waals surface area contributed by atoms with Gasteiger partial charge in [0.25, 0.3) is 5.91 Å². The van der Waals surface area contributed by atoms with Crippen molar-refractivity contribution in [2.24, 2.45) is 0 Å². The molecule has 2 N–H and O–H groups in total. The molecule has 0 aliphatic carbocycles. The Morgan fingerprint density at radius 1 is 1.67 bits per heavy atom. The lowest BCUT2D eigenvalue weighted by Gasteiger charge is -2.18. The van der Waals surface area contributed by atoms with E-state index in [1.54, 1.807) is 27.1 Å². The lowest BCUT2D eigenvalue weighted by molar-refractivity contribution is 0.0769. The average molecular weight is 272 g/mol. The summed E-state index contributed by atoms with van der Waals surface area (Å²) < 4.78 is 0. The number of hydrogen-bond acceptors (Lipinski definition) is 4. The summed E-state index contributed by atoms with van der Waals surface area (Å²) in [6.45, 7) is 2.17. The van der Waals surface area contributed by atoms with Crippen molar-refractivity contribution in [1.29, 1.82) is 0 Å². The molecule has 1 rings (SSSR count). The van der Waals surface area contributed by atoms with Gasteiger partial charge in [0.05, 0.1) is 16.7 Å². The second-order valence-electron chi connectivity index (χ2n) is 4.16. The lowest BCUT2D eigenvalue weighted by Crippen LogP contribution is -2.29. The summed E-state index contributed by atoms with van der Waals surface area (Å²) in [4.78, 5) is 17.7. The molecule has 0 radical (unpaired) electrons. The van der Waals surface area contributed by atoms with Crippen molar-refractivity contribution in [3.05, 3.63) is 22.8 Å². The first-order valence-electron chi connectivity index (χ1n) is 5.72. The van der Waals surface area contributed by atoms with Crippen molar-refractivity contribution in [2.45, 2.75) is 19.4 Å². The van der Waals surface area contributed by atoms with Gasteiger partial charge in [-0.15, -0.1) is 0 Å². The normalized spacial score (nSPS) is 12.1. The SMILES string of the molecule is CNc1cc(C(=O)N(C)CCC(C)O)c(Cl)cn1. The molecule has 0 aliphatic rings. The molecule has 5 nitrogen and oxygen atoms in total. The highest BCUT2D eigenvalue weighted by Crippen LogP contribution is 2.19. The van der Waals surface area contributed by atoms with Crippen molar-refractivity contribution >= 4 is 23.3 Å². The van der Waals surface area contributed by atoms with Gasteiger partial charge in [0.15, 0.2) is 0 Å². The maximum atomic E-state index is 12.2. The number of hydrogen-bond donors (Lipinski definition) is 2. The molecule has 1 aromatic heterocycles. The Balaban J connectivity index is 2.82. The minimum Gasteiger partial charge on any atom is -0.393 e. The van der Waals surface area contributed by atoms with Crippen LogP contribution in [-0.2, 0) is 0 Å². The summed E-state index contributed by atoms with van der Waals surface area (Å²) in [6, 6.07) is 1.61. The molecule has 6 heteroatoms. The Hall–Kier alpha value is -1.33. The maximum absolute atomic E-state index is 12.2. The summed E-state index contributed by atoms with van der Waals surface area (Å²) in [5, 5.41) is 12.4. The molecular weight excluding hydrogens is 254 g/mol. The first-order chi connectivity index (χ1) is 8.45. The Labute approximate surface area is 112 Å². The highest BCUT2D eigenvalue weighted by molar-refractivity contribution is 6.33. The molecule has 1 aromatic rings. The lowest BCUT2D eigenvalue weighted by atomic mass is 10.2. The van der Waals surface area contributed by atoms with E-state index in [2.05, 4.69) is 10.3 Å². The predicted octanol–water partition coefficient (Wildman–Crippen LogP) is 1.62. The van der Waals surface area contributed by atoms with Crippen LogP contribution in [-0.4, -0.2) is 47.6 Å². The molecule has 0 aromatic carbocycles. The smallest absolute Gasteiger partial charge is 0.255 e. The summed E-state index contributed by atoms with van der Waals surface area (Å²) in [5.74, 6) is 0.409. The van der Waals surface area contributed by atoms with Crippen LogP contribution in [0.5, 0.6) is 0 Å². The summed E-state index contributed by atoms with van der Waals surface area (Å²) >= 11 is 5.97. The third-order valence-electron chi connectivity index (χ3n) is 2.57. The number of rotatable bonds is 5. The van der Waals surface area contributed by atoms with Gasteiger partial charge < -0.3 is 15.3 Å². The van der Waals surface area contributed by atoms with E-state index in [1.165, 1.54) is 11.1 Å². The van der Waals surface area contributed by atoms with Crippen molar-refractivity contribution in [1.82, 2.24) is 9.88 Å². The molecule has 1 unspecified atom stereocenters. The van der Waals surface area contributed by atoms with Crippen LogP contribution in [0.1, 0.15) is 23.7 Å². The van der Waals surface area contributed by atoms with E-state index in [-0.39, 0.29) is 5.91 Å². The monoisotopic (exact) mass is 271 g/mol. The average Bonchev–Trinajstić information content (AvgIpc) is 2.35. The number of nitrogens with one attached hydrogen (secondary N) is 1. The highest BCUT2D eigenvalue weighted by atomic mass is 35.5. The maximum Gasteiger partial charge on any atom is 0.255 e. The van der Waals surface area contributed by atoms with Crippen molar-refractivity contribution in [2.75, 3.05) is 26.0 Å². The van der Waals surface area contributed by atoms with Gasteiger partial charge in [-0.2, -0.15) is 0 Å². The minimum atomic E-state index is -0.430. The number of pyridine rings is 1. The predicted molar refractivity (Wildman–Crippen MR) is 72.1 cm³/mol. The molecule has 0 bridgehead atoms. The number of aromatic nitrogens is 1. The molecular formula is C12H18ClN3O2. The zero-order chi connectivity index (χ0) is 13.7. The quantitative estimate of drug-likeness (QED) is 0.854. The van der Waals surface area contributed by atoms with Crippen molar-refractivity contribution in [3.63, 3.8) is 0 Å².